The molecule has 1 aliphatic rings. The highest BCUT2D eigenvalue weighted by Gasteiger charge is 2.03. The molecule has 0 amide bonds. The zero-order valence-electron chi connectivity index (χ0n) is 7.12. The van der Waals surface area contributed by atoms with Gasteiger partial charge in [-0.25, -0.2) is 0 Å². The van der Waals surface area contributed by atoms with Gasteiger partial charge in [0, 0.05) is 13.0 Å². The van der Waals surface area contributed by atoms with Crippen LogP contribution in [0.2, 0.25) is 0 Å². The summed E-state index contributed by atoms with van der Waals surface area (Å²) in [5, 5.41) is 0. The average molecular weight is 152 g/mol. The van der Waals surface area contributed by atoms with Crippen LogP contribution < -0.4 is 0 Å². The van der Waals surface area contributed by atoms with Gasteiger partial charge in [-0.3, -0.25) is 0 Å². The number of ether oxygens (including phenoxy) is 1. The highest BCUT2D eigenvalue weighted by molar-refractivity contribution is 5.05. The molecule has 1 nitrogen and oxygen atoms in total. The van der Waals surface area contributed by atoms with E-state index in [4.69, 9.17) is 4.74 Å². The second-order valence-electron chi connectivity index (χ2n) is 2.96. The summed E-state index contributed by atoms with van der Waals surface area (Å²) in [6.45, 7) is 0.865. The molecule has 0 N–H and O–H groups in total. The Hall–Kier alpha value is -0.560. The number of allylic oxidation sites excluding steroid dienone is 3. The molecule has 1 unspecified atom stereocenters. The minimum Gasteiger partial charge on any atom is -0.384 e. The fourth-order valence-electron chi connectivity index (χ4n) is 1.34. The second kappa shape index (κ2) is 5.14. The van der Waals surface area contributed by atoms with Crippen LogP contribution in [-0.2, 0) is 4.74 Å². The molecule has 0 saturated heterocycles. The first-order valence-electron chi connectivity index (χ1n) is 4.26. The van der Waals surface area contributed by atoms with Crippen molar-refractivity contribution in [3.63, 3.8) is 0 Å². The van der Waals surface area contributed by atoms with Gasteiger partial charge in [0.2, 0.25) is 0 Å². The third-order valence-electron chi connectivity index (χ3n) is 1.96. The van der Waals surface area contributed by atoms with Gasteiger partial charge in [0.05, 0.1) is 6.61 Å². The standard InChI is InChI=1S/C10H16O/c1-11-9-10-7-5-3-2-4-6-8-10/h2-3,5,7,10H,4,6,8-9H2,1H3/b3-2-,7-5-. The highest BCUT2D eigenvalue weighted by atomic mass is 16.5. The largest absolute Gasteiger partial charge is 0.384 e. The molecule has 1 atom stereocenters. The second-order valence-corrected chi connectivity index (χ2v) is 2.96. The number of hydrogen-bond acceptors (Lipinski definition) is 1. The van der Waals surface area contributed by atoms with Crippen LogP contribution in [0.4, 0.5) is 0 Å². The summed E-state index contributed by atoms with van der Waals surface area (Å²) in [7, 11) is 1.77. The van der Waals surface area contributed by atoms with E-state index >= 15 is 0 Å². The first-order chi connectivity index (χ1) is 5.43. The molecule has 0 radical (unpaired) electrons. The Labute approximate surface area is 68.8 Å². The fraction of sp³-hybridized carbons (Fsp3) is 0.600. The van der Waals surface area contributed by atoms with Crippen molar-refractivity contribution in [3.05, 3.63) is 24.3 Å². The van der Waals surface area contributed by atoms with E-state index in [9.17, 15) is 0 Å². The van der Waals surface area contributed by atoms with Gasteiger partial charge in [-0.1, -0.05) is 24.3 Å². The predicted molar refractivity (Wildman–Crippen MR) is 47.5 cm³/mol. The SMILES string of the molecule is COCC1/C=C\C=C/CCC1. The van der Waals surface area contributed by atoms with Crippen molar-refractivity contribution < 1.29 is 4.74 Å². The summed E-state index contributed by atoms with van der Waals surface area (Å²) in [6.07, 6.45) is 12.5. The van der Waals surface area contributed by atoms with E-state index in [0.717, 1.165) is 6.61 Å². The number of rotatable bonds is 2. The summed E-state index contributed by atoms with van der Waals surface area (Å²) in [5.74, 6) is 0.630. The van der Waals surface area contributed by atoms with Gasteiger partial charge >= 0.3 is 0 Å². The summed E-state index contributed by atoms with van der Waals surface area (Å²) < 4.78 is 5.10. The zero-order valence-corrected chi connectivity index (χ0v) is 7.12. The first-order valence-corrected chi connectivity index (χ1v) is 4.26. The molecule has 0 bridgehead atoms. The van der Waals surface area contributed by atoms with Crippen LogP contribution in [0.1, 0.15) is 19.3 Å². The van der Waals surface area contributed by atoms with Crippen LogP contribution >= 0.6 is 0 Å². The Morgan fingerprint density at radius 2 is 2.36 bits per heavy atom. The lowest BCUT2D eigenvalue weighted by Gasteiger charge is -2.11. The van der Waals surface area contributed by atoms with Crippen LogP contribution in [0.25, 0.3) is 0 Å². The van der Waals surface area contributed by atoms with Crippen molar-refractivity contribution in [1.82, 2.24) is 0 Å². The van der Waals surface area contributed by atoms with Gasteiger partial charge in [-0.2, -0.15) is 0 Å². The molecule has 0 aromatic heterocycles. The number of hydrogen-bond donors (Lipinski definition) is 0. The van der Waals surface area contributed by atoms with Crippen LogP contribution in [-0.4, -0.2) is 13.7 Å². The van der Waals surface area contributed by atoms with Crippen molar-refractivity contribution in [1.29, 1.82) is 0 Å². The molecule has 0 heterocycles. The van der Waals surface area contributed by atoms with Crippen LogP contribution in [0.3, 0.4) is 0 Å². The highest BCUT2D eigenvalue weighted by Crippen LogP contribution is 2.13. The Morgan fingerprint density at radius 3 is 3.18 bits per heavy atom. The Morgan fingerprint density at radius 1 is 1.45 bits per heavy atom. The zero-order chi connectivity index (χ0) is 7.94. The van der Waals surface area contributed by atoms with Crippen molar-refractivity contribution in [2.45, 2.75) is 19.3 Å². The Bertz CT molecular complexity index is 147. The van der Waals surface area contributed by atoms with Crippen molar-refractivity contribution >= 4 is 0 Å². The van der Waals surface area contributed by atoms with Gasteiger partial charge in [-0.05, 0) is 19.3 Å². The molecule has 1 rings (SSSR count). The van der Waals surface area contributed by atoms with Gasteiger partial charge in [0.25, 0.3) is 0 Å². The lowest BCUT2D eigenvalue weighted by Crippen LogP contribution is -2.05. The minimum atomic E-state index is 0.630. The Kier molecular flexibility index (Phi) is 3.99. The third-order valence-corrected chi connectivity index (χ3v) is 1.96. The number of methoxy groups -OCH3 is 1. The predicted octanol–water partition coefficient (Wildman–Crippen LogP) is 2.55. The lowest BCUT2D eigenvalue weighted by molar-refractivity contribution is 0.165. The van der Waals surface area contributed by atoms with Gasteiger partial charge < -0.3 is 4.74 Å². The molecular formula is C10H16O. The maximum atomic E-state index is 5.10. The molecule has 0 aromatic rings. The summed E-state index contributed by atoms with van der Waals surface area (Å²) in [5.41, 5.74) is 0. The maximum Gasteiger partial charge on any atom is 0.0525 e. The molecule has 62 valence electrons. The molecule has 0 aliphatic heterocycles. The van der Waals surface area contributed by atoms with Crippen LogP contribution in [0.5, 0.6) is 0 Å². The molecule has 1 aliphatic carbocycles. The topological polar surface area (TPSA) is 9.23 Å². The molecule has 11 heavy (non-hydrogen) atoms. The summed E-state index contributed by atoms with van der Waals surface area (Å²) in [4.78, 5) is 0. The van der Waals surface area contributed by atoms with Crippen molar-refractivity contribution in [2.75, 3.05) is 13.7 Å². The van der Waals surface area contributed by atoms with E-state index < -0.39 is 0 Å². The summed E-state index contributed by atoms with van der Waals surface area (Å²) in [6, 6.07) is 0. The van der Waals surface area contributed by atoms with Crippen LogP contribution in [0, 0.1) is 5.92 Å². The molecular weight excluding hydrogens is 136 g/mol. The maximum absolute atomic E-state index is 5.10. The van der Waals surface area contributed by atoms with Crippen molar-refractivity contribution in [3.8, 4) is 0 Å². The normalized spacial score (nSPS) is 30.5. The van der Waals surface area contributed by atoms with Gasteiger partial charge in [0.1, 0.15) is 0 Å². The monoisotopic (exact) mass is 152 g/mol. The lowest BCUT2D eigenvalue weighted by atomic mass is 10.0. The minimum absolute atomic E-state index is 0.630. The van der Waals surface area contributed by atoms with E-state index in [1.165, 1.54) is 19.3 Å². The molecule has 0 fully saturated rings. The summed E-state index contributed by atoms with van der Waals surface area (Å²) >= 11 is 0. The molecule has 0 aromatic carbocycles. The van der Waals surface area contributed by atoms with E-state index in [-0.39, 0.29) is 0 Å². The van der Waals surface area contributed by atoms with E-state index in [0.29, 0.717) is 5.92 Å². The van der Waals surface area contributed by atoms with E-state index in [1.807, 2.05) is 0 Å². The molecule has 0 spiro atoms. The van der Waals surface area contributed by atoms with Gasteiger partial charge in [-0.15, -0.1) is 0 Å². The van der Waals surface area contributed by atoms with Gasteiger partial charge in [0.15, 0.2) is 0 Å². The third kappa shape index (κ3) is 3.38. The first kappa shape index (κ1) is 8.54. The molecule has 1 heteroatoms. The van der Waals surface area contributed by atoms with E-state index in [1.54, 1.807) is 7.11 Å². The smallest absolute Gasteiger partial charge is 0.0525 e. The van der Waals surface area contributed by atoms with E-state index in [2.05, 4.69) is 24.3 Å². The van der Waals surface area contributed by atoms with Crippen molar-refractivity contribution in [2.24, 2.45) is 5.92 Å². The average Bonchev–Trinajstić information content (AvgIpc) is 1.94. The Balaban J connectivity index is 2.38. The quantitative estimate of drug-likeness (QED) is 0.591. The van der Waals surface area contributed by atoms with Crippen LogP contribution in [0.15, 0.2) is 24.3 Å². The fourth-order valence-corrected chi connectivity index (χ4v) is 1.34. The molecule has 0 saturated carbocycles.